The van der Waals surface area contributed by atoms with Crippen molar-refractivity contribution in [2.45, 2.75) is 50.2 Å². The maximum Gasteiger partial charge on any atom is 0.346 e. The van der Waals surface area contributed by atoms with Gasteiger partial charge >= 0.3 is 11.7 Å². The third-order valence-electron chi connectivity index (χ3n) is 3.79. The van der Waals surface area contributed by atoms with Crippen molar-refractivity contribution in [3.8, 4) is 0 Å². The van der Waals surface area contributed by atoms with E-state index in [1.165, 1.54) is 19.8 Å². The minimum absolute atomic E-state index is 0.00710. The van der Waals surface area contributed by atoms with Crippen molar-refractivity contribution < 1.29 is 15.0 Å². The Morgan fingerprint density at radius 2 is 2.14 bits per heavy atom. The maximum absolute atomic E-state index is 11.4. The van der Waals surface area contributed by atoms with Gasteiger partial charge in [0.05, 0.1) is 6.10 Å². The fourth-order valence-corrected chi connectivity index (χ4v) is 3.81. The summed E-state index contributed by atoms with van der Waals surface area (Å²) in [5.74, 6) is -0.204. The van der Waals surface area contributed by atoms with E-state index in [1.807, 2.05) is 0 Å². The third kappa shape index (κ3) is 4.31. The van der Waals surface area contributed by atoms with Gasteiger partial charge in [0, 0.05) is 11.4 Å². The zero-order valence-corrected chi connectivity index (χ0v) is 12.8. The number of carboxylic acid groups (broad SMARTS) is 1. The molecule has 6 nitrogen and oxygen atoms in total. The second-order valence-corrected chi connectivity index (χ2v) is 6.51. The molecule has 1 aromatic rings. The number of aliphatic hydroxyl groups excluding tert-OH is 1. The average molecular weight is 312 g/mol. The number of rotatable bonds is 6. The van der Waals surface area contributed by atoms with Gasteiger partial charge in [0.25, 0.3) is 0 Å². The molecule has 0 spiro atoms. The number of aromatic amines is 1. The fraction of sp³-hybridized carbons (Fsp3) is 0.643. The van der Waals surface area contributed by atoms with E-state index in [-0.39, 0.29) is 16.3 Å². The van der Waals surface area contributed by atoms with Gasteiger partial charge in [-0.15, -0.1) is 11.8 Å². The van der Waals surface area contributed by atoms with Crippen LogP contribution in [0.25, 0.3) is 0 Å². The first-order valence-corrected chi connectivity index (χ1v) is 8.11. The highest BCUT2D eigenvalue weighted by atomic mass is 32.2. The van der Waals surface area contributed by atoms with Crippen LogP contribution < -0.4 is 5.69 Å². The molecule has 1 aliphatic rings. The summed E-state index contributed by atoms with van der Waals surface area (Å²) in [5, 5.41) is 19.4. The highest BCUT2D eigenvalue weighted by molar-refractivity contribution is 7.99. The zero-order valence-electron chi connectivity index (χ0n) is 12.0. The van der Waals surface area contributed by atoms with Gasteiger partial charge in [0.1, 0.15) is 10.6 Å². The Kier molecular flexibility index (Phi) is 5.41. The molecule has 116 valence electrons. The van der Waals surface area contributed by atoms with Crippen LogP contribution in [0.2, 0.25) is 0 Å². The lowest BCUT2D eigenvalue weighted by atomic mass is 10.0. The lowest BCUT2D eigenvalue weighted by molar-refractivity contribution is 0.0690. The quantitative estimate of drug-likeness (QED) is 0.547. The van der Waals surface area contributed by atoms with Gasteiger partial charge in [-0.1, -0.05) is 25.7 Å². The Morgan fingerprint density at radius 1 is 1.48 bits per heavy atom. The van der Waals surface area contributed by atoms with E-state index in [0.29, 0.717) is 11.7 Å². The molecule has 0 amide bonds. The predicted octanol–water partition coefficient (Wildman–Crippen LogP) is 1.81. The molecule has 0 saturated heterocycles. The normalized spacial score (nSPS) is 17.0. The SMILES string of the molecule is Cc1[nH]c(=O)nc(SCC(O)CC2CCCC2)c1C(=O)O. The van der Waals surface area contributed by atoms with Crippen molar-refractivity contribution in [1.82, 2.24) is 9.97 Å². The molecule has 1 saturated carbocycles. The highest BCUT2D eigenvalue weighted by Gasteiger charge is 2.21. The Morgan fingerprint density at radius 3 is 2.76 bits per heavy atom. The van der Waals surface area contributed by atoms with Crippen molar-refractivity contribution >= 4 is 17.7 Å². The summed E-state index contributed by atoms with van der Waals surface area (Å²) in [6, 6.07) is 0. The number of hydrogen-bond acceptors (Lipinski definition) is 5. The minimum atomic E-state index is -1.12. The van der Waals surface area contributed by atoms with Crippen molar-refractivity contribution in [1.29, 1.82) is 0 Å². The van der Waals surface area contributed by atoms with Gasteiger partial charge in [0.15, 0.2) is 0 Å². The number of H-pyrrole nitrogens is 1. The average Bonchev–Trinajstić information content (AvgIpc) is 2.87. The Bertz CT molecular complexity index is 567. The smallest absolute Gasteiger partial charge is 0.346 e. The topological polar surface area (TPSA) is 103 Å². The number of aromatic nitrogens is 2. The maximum atomic E-state index is 11.4. The minimum Gasteiger partial charge on any atom is -0.478 e. The molecule has 1 atom stereocenters. The summed E-state index contributed by atoms with van der Waals surface area (Å²) in [6.45, 7) is 1.53. The number of aliphatic hydroxyl groups is 1. The first kappa shape index (κ1) is 16.0. The number of thioether (sulfide) groups is 1. The van der Waals surface area contributed by atoms with Crippen LogP contribution in [0.1, 0.15) is 48.2 Å². The zero-order chi connectivity index (χ0) is 15.4. The van der Waals surface area contributed by atoms with E-state index in [4.69, 9.17) is 0 Å². The van der Waals surface area contributed by atoms with E-state index in [9.17, 15) is 19.8 Å². The lowest BCUT2D eigenvalue weighted by Crippen LogP contribution is -2.20. The van der Waals surface area contributed by atoms with Crippen LogP contribution in [0.15, 0.2) is 9.82 Å². The summed E-state index contributed by atoms with van der Waals surface area (Å²) in [4.78, 5) is 28.7. The number of nitrogens with one attached hydrogen (secondary N) is 1. The Hall–Kier alpha value is -1.34. The van der Waals surface area contributed by atoms with Gasteiger partial charge in [-0.3, -0.25) is 0 Å². The van der Waals surface area contributed by atoms with Crippen LogP contribution in [0.5, 0.6) is 0 Å². The number of nitrogens with zero attached hydrogens (tertiary/aromatic N) is 1. The fourth-order valence-electron chi connectivity index (χ4n) is 2.79. The molecule has 1 unspecified atom stereocenters. The van der Waals surface area contributed by atoms with E-state index >= 15 is 0 Å². The Balaban J connectivity index is 2.01. The molecule has 21 heavy (non-hydrogen) atoms. The summed E-state index contributed by atoms with van der Waals surface area (Å²) in [5.41, 5.74) is -0.270. The van der Waals surface area contributed by atoms with Crippen molar-refractivity contribution in [3.63, 3.8) is 0 Å². The highest BCUT2D eigenvalue weighted by Crippen LogP contribution is 2.30. The predicted molar refractivity (Wildman–Crippen MR) is 79.9 cm³/mol. The van der Waals surface area contributed by atoms with Crippen molar-refractivity contribution in [3.05, 3.63) is 21.7 Å². The summed E-state index contributed by atoms with van der Waals surface area (Å²) in [6.07, 6.45) is 5.00. The van der Waals surface area contributed by atoms with E-state index < -0.39 is 17.8 Å². The van der Waals surface area contributed by atoms with Crippen LogP contribution in [0.3, 0.4) is 0 Å². The van der Waals surface area contributed by atoms with Crippen LogP contribution in [-0.2, 0) is 0 Å². The van der Waals surface area contributed by atoms with Crippen LogP contribution >= 0.6 is 11.8 Å². The first-order chi connectivity index (χ1) is 9.97. The molecule has 1 aromatic heterocycles. The summed E-state index contributed by atoms with van der Waals surface area (Å²) < 4.78 is 0. The van der Waals surface area contributed by atoms with Gasteiger partial charge in [-0.25, -0.2) is 9.59 Å². The standard InChI is InChI=1S/C14H20N2O4S/c1-8-11(13(18)19)12(16-14(20)15-8)21-7-10(17)6-9-4-2-3-5-9/h9-10,17H,2-7H2,1H3,(H,18,19)(H,15,16,20). The number of carbonyl (C=O) groups is 1. The van der Waals surface area contributed by atoms with Gasteiger partial charge in [0.2, 0.25) is 0 Å². The number of carboxylic acids is 1. The largest absolute Gasteiger partial charge is 0.478 e. The molecule has 7 heteroatoms. The molecule has 3 N–H and O–H groups in total. The van der Waals surface area contributed by atoms with Crippen molar-refractivity contribution in [2.75, 3.05) is 5.75 Å². The van der Waals surface area contributed by atoms with Crippen LogP contribution in [0.4, 0.5) is 0 Å². The van der Waals surface area contributed by atoms with E-state index in [0.717, 1.165) is 31.0 Å². The molecule has 0 radical (unpaired) electrons. The molecule has 1 fully saturated rings. The summed E-state index contributed by atoms with van der Waals surface area (Å²) in [7, 11) is 0. The second-order valence-electron chi connectivity index (χ2n) is 5.50. The van der Waals surface area contributed by atoms with Gasteiger partial charge in [-0.2, -0.15) is 4.98 Å². The number of aryl methyl sites for hydroxylation is 1. The van der Waals surface area contributed by atoms with E-state index in [2.05, 4.69) is 9.97 Å². The molecule has 0 aromatic carbocycles. The first-order valence-electron chi connectivity index (χ1n) is 7.12. The Labute approximate surface area is 127 Å². The second kappa shape index (κ2) is 7.09. The molecule has 2 rings (SSSR count). The number of hydrogen-bond donors (Lipinski definition) is 3. The molecule has 1 heterocycles. The van der Waals surface area contributed by atoms with Gasteiger partial charge in [-0.05, 0) is 19.3 Å². The monoisotopic (exact) mass is 312 g/mol. The van der Waals surface area contributed by atoms with Crippen molar-refractivity contribution in [2.24, 2.45) is 5.92 Å². The lowest BCUT2D eigenvalue weighted by Gasteiger charge is -2.15. The van der Waals surface area contributed by atoms with Gasteiger partial charge < -0.3 is 15.2 Å². The molecular formula is C14H20N2O4S. The molecule has 1 aliphatic carbocycles. The molecule has 0 aliphatic heterocycles. The number of aromatic carboxylic acids is 1. The molecule has 0 bridgehead atoms. The van der Waals surface area contributed by atoms with E-state index in [1.54, 1.807) is 0 Å². The molecular weight excluding hydrogens is 292 g/mol. The van der Waals surface area contributed by atoms with Crippen LogP contribution in [0, 0.1) is 12.8 Å². The third-order valence-corrected chi connectivity index (χ3v) is 4.91. The summed E-state index contributed by atoms with van der Waals surface area (Å²) >= 11 is 1.13. The van der Waals surface area contributed by atoms with Crippen LogP contribution in [-0.4, -0.2) is 38.0 Å².